The van der Waals surface area contributed by atoms with Gasteiger partial charge in [-0.1, -0.05) is 0 Å². The van der Waals surface area contributed by atoms with Gasteiger partial charge in [-0.25, -0.2) is 0 Å². The highest BCUT2D eigenvalue weighted by Gasteiger charge is 2.08. The molecule has 1 aliphatic heterocycles. The zero-order valence-corrected chi connectivity index (χ0v) is 6.25. The van der Waals surface area contributed by atoms with Gasteiger partial charge in [0.25, 0.3) is 0 Å². The maximum absolute atomic E-state index is 5.39. The average molecular weight is 150 g/mol. The maximum Gasteiger partial charge on any atom is 0.168 e. The molecule has 0 radical (unpaired) electrons. The van der Waals surface area contributed by atoms with Crippen molar-refractivity contribution in [2.45, 2.75) is 12.8 Å². The topological polar surface area (TPSA) is 22.4 Å². The van der Waals surface area contributed by atoms with Crippen molar-refractivity contribution >= 4 is 5.76 Å². The van der Waals surface area contributed by atoms with E-state index in [9.17, 15) is 0 Å². The lowest BCUT2D eigenvalue weighted by Crippen LogP contribution is -1.98. The summed E-state index contributed by atoms with van der Waals surface area (Å²) in [5.41, 5.74) is 0. The lowest BCUT2D eigenvalue weighted by molar-refractivity contribution is 0.250. The largest absolute Gasteiger partial charge is 0.490 e. The number of rotatable bonds is 1. The fourth-order valence-electron chi connectivity index (χ4n) is 1.15. The van der Waals surface area contributed by atoms with Gasteiger partial charge in [0.15, 0.2) is 11.5 Å². The summed E-state index contributed by atoms with van der Waals surface area (Å²) in [6, 6.07) is 3.78. The lowest BCUT2D eigenvalue weighted by Gasteiger charge is -2.11. The van der Waals surface area contributed by atoms with Gasteiger partial charge in [-0.2, -0.15) is 0 Å². The molecule has 11 heavy (non-hydrogen) atoms. The Morgan fingerprint density at radius 2 is 2.36 bits per heavy atom. The van der Waals surface area contributed by atoms with E-state index >= 15 is 0 Å². The lowest BCUT2D eigenvalue weighted by atomic mass is 10.2. The Hall–Kier alpha value is -1.18. The van der Waals surface area contributed by atoms with Gasteiger partial charge < -0.3 is 9.15 Å². The summed E-state index contributed by atoms with van der Waals surface area (Å²) in [5.74, 6) is 1.73. The summed E-state index contributed by atoms with van der Waals surface area (Å²) < 4.78 is 10.6. The molecule has 0 aliphatic carbocycles. The molecule has 1 aromatic rings. The third kappa shape index (κ3) is 1.29. The van der Waals surface area contributed by atoms with Crippen molar-refractivity contribution in [3.05, 3.63) is 30.2 Å². The van der Waals surface area contributed by atoms with Crippen molar-refractivity contribution in [3.63, 3.8) is 0 Å². The van der Waals surface area contributed by atoms with Crippen LogP contribution in [0.5, 0.6) is 0 Å². The molecule has 1 aliphatic rings. The Morgan fingerprint density at radius 3 is 3.00 bits per heavy atom. The van der Waals surface area contributed by atoms with Gasteiger partial charge in [0.1, 0.15) is 0 Å². The molecular formula is C9H10O2. The predicted molar refractivity (Wildman–Crippen MR) is 41.9 cm³/mol. The average Bonchev–Trinajstić information content (AvgIpc) is 2.58. The van der Waals surface area contributed by atoms with Crippen LogP contribution in [-0.2, 0) is 4.74 Å². The van der Waals surface area contributed by atoms with Gasteiger partial charge in [-0.05, 0) is 31.1 Å². The molecule has 2 rings (SSSR count). The second-order valence-electron chi connectivity index (χ2n) is 2.54. The van der Waals surface area contributed by atoms with Crippen molar-refractivity contribution in [1.29, 1.82) is 0 Å². The SMILES string of the molecule is C1=C(c2ccco2)OCCC1. The Morgan fingerprint density at radius 1 is 1.36 bits per heavy atom. The molecule has 0 N–H and O–H groups in total. The molecule has 0 atom stereocenters. The summed E-state index contributed by atoms with van der Waals surface area (Å²) in [4.78, 5) is 0. The first-order valence-corrected chi connectivity index (χ1v) is 3.83. The van der Waals surface area contributed by atoms with E-state index < -0.39 is 0 Å². The van der Waals surface area contributed by atoms with Crippen molar-refractivity contribution in [3.8, 4) is 0 Å². The van der Waals surface area contributed by atoms with E-state index in [2.05, 4.69) is 6.08 Å². The van der Waals surface area contributed by atoms with Gasteiger partial charge in [-0.3, -0.25) is 0 Å². The van der Waals surface area contributed by atoms with Gasteiger partial charge in [0.05, 0.1) is 12.9 Å². The second-order valence-corrected chi connectivity index (χ2v) is 2.54. The standard InChI is InChI=1S/C9H10O2/c1-2-6-10-8(4-1)9-5-3-7-11-9/h3-5,7H,1-2,6H2. The minimum atomic E-state index is 0.812. The van der Waals surface area contributed by atoms with Crippen LogP contribution < -0.4 is 0 Å². The first-order chi connectivity index (χ1) is 5.47. The van der Waals surface area contributed by atoms with E-state index in [4.69, 9.17) is 9.15 Å². The highest BCUT2D eigenvalue weighted by atomic mass is 16.5. The molecule has 0 saturated heterocycles. The summed E-state index contributed by atoms with van der Waals surface area (Å²) in [6.45, 7) is 0.812. The molecule has 0 bridgehead atoms. The van der Waals surface area contributed by atoms with E-state index in [0.717, 1.165) is 31.0 Å². The molecule has 0 spiro atoms. The minimum absolute atomic E-state index is 0.812. The molecule has 0 saturated carbocycles. The smallest absolute Gasteiger partial charge is 0.168 e. The fourth-order valence-corrected chi connectivity index (χ4v) is 1.15. The van der Waals surface area contributed by atoms with Gasteiger partial charge in [0.2, 0.25) is 0 Å². The first-order valence-electron chi connectivity index (χ1n) is 3.83. The predicted octanol–water partition coefficient (Wildman–Crippen LogP) is 2.43. The molecule has 0 fully saturated rings. The van der Waals surface area contributed by atoms with Crippen LogP contribution in [0.4, 0.5) is 0 Å². The summed E-state index contributed by atoms with van der Waals surface area (Å²) in [5, 5.41) is 0. The number of ether oxygens (including phenoxy) is 1. The highest BCUT2D eigenvalue weighted by molar-refractivity contribution is 5.54. The Bertz CT molecular complexity index is 247. The first kappa shape index (κ1) is 6.53. The number of allylic oxidation sites excluding steroid dienone is 1. The summed E-state index contributed by atoms with van der Waals surface area (Å²) >= 11 is 0. The van der Waals surface area contributed by atoms with Crippen molar-refractivity contribution in [1.82, 2.24) is 0 Å². The molecule has 1 aromatic heterocycles. The maximum atomic E-state index is 5.39. The molecule has 2 heteroatoms. The van der Waals surface area contributed by atoms with Crippen LogP contribution in [0.15, 0.2) is 28.9 Å². The molecule has 2 heterocycles. The minimum Gasteiger partial charge on any atom is -0.490 e. The zero-order chi connectivity index (χ0) is 7.52. The third-order valence-electron chi connectivity index (χ3n) is 1.70. The molecule has 2 nitrogen and oxygen atoms in total. The number of hydrogen-bond acceptors (Lipinski definition) is 2. The van der Waals surface area contributed by atoms with Crippen LogP contribution >= 0.6 is 0 Å². The van der Waals surface area contributed by atoms with E-state index in [1.54, 1.807) is 6.26 Å². The zero-order valence-electron chi connectivity index (χ0n) is 6.25. The van der Waals surface area contributed by atoms with E-state index in [1.165, 1.54) is 0 Å². The van der Waals surface area contributed by atoms with Crippen molar-refractivity contribution in [2.75, 3.05) is 6.61 Å². The third-order valence-corrected chi connectivity index (χ3v) is 1.70. The summed E-state index contributed by atoms with van der Waals surface area (Å²) in [6.07, 6.45) is 5.94. The normalized spacial score (nSPS) is 17.3. The molecule has 0 aromatic carbocycles. The van der Waals surface area contributed by atoms with Gasteiger partial charge in [0, 0.05) is 0 Å². The summed E-state index contributed by atoms with van der Waals surface area (Å²) in [7, 11) is 0. The Labute approximate surface area is 65.5 Å². The Balaban J connectivity index is 2.22. The van der Waals surface area contributed by atoms with E-state index in [1.807, 2.05) is 12.1 Å². The molecule has 0 amide bonds. The van der Waals surface area contributed by atoms with Crippen LogP contribution in [-0.4, -0.2) is 6.61 Å². The Kier molecular flexibility index (Phi) is 1.68. The number of hydrogen-bond donors (Lipinski definition) is 0. The van der Waals surface area contributed by atoms with E-state index in [-0.39, 0.29) is 0 Å². The van der Waals surface area contributed by atoms with Crippen LogP contribution in [0, 0.1) is 0 Å². The monoisotopic (exact) mass is 150 g/mol. The fraction of sp³-hybridized carbons (Fsp3) is 0.333. The van der Waals surface area contributed by atoms with Crippen LogP contribution in [0.3, 0.4) is 0 Å². The van der Waals surface area contributed by atoms with Crippen molar-refractivity contribution in [2.24, 2.45) is 0 Å². The highest BCUT2D eigenvalue weighted by Crippen LogP contribution is 2.21. The molecular weight excluding hydrogens is 140 g/mol. The van der Waals surface area contributed by atoms with Gasteiger partial charge in [-0.15, -0.1) is 0 Å². The van der Waals surface area contributed by atoms with Crippen LogP contribution in [0.25, 0.3) is 5.76 Å². The quantitative estimate of drug-likeness (QED) is 0.613. The second kappa shape index (κ2) is 2.82. The van der Waals surface area contributed by atoms with Gasteiger partial charge >= 0.3 is 0 Å². The molecule has 0 unspecified atom stereocenters. The molecule has 58 valence electrons. The van der Waals surface area contributed by atoms with Crippen molar-refractivity contribution < 1.29 is 9.15 Å². The van der Waals surface area contributed by atoms with Crippen LogP contribution in [0.1, 0.15) is 18.6 Å². The number of furan rings is 1. The van der Waals surface area contributed by atoms with E-state index in [0.29, 0.717) is 0 Å². The van der Waals surface area contributed by atoms with Crippen LogP contribution in [0.2, 0.25) is 0 Å².